The number of rotatable bonds is 2. The van der Waals surface area contributed by atoms with Crippen molar-refractivity contribution in [3.8, 4) is 11.4 Å². The van der Waals surface area contributed by atoms with E-state index in [0.717, 1.165) is 40.8 Å². The molecule has 22 heavy (non-hydrogen) atoms. The van der Waals surface area contributed by atoms with Gasteiger partial charge in [0.05, 0.1) is 5.52 Å². The number of imidazole rings is 1. The SMILES string of the molecule is Cc1ccc2ncccc2c1-c1nccn1C1CCNC1=O. The molecule has 5 heteroatoms. The van der Waals surface area contributed by atoms with E-state index in [-0.39, 0.29) is 11.9 Å². The summed E-state index contributed by atoms with van der Waals surface area (Å²) in [7, 11) is 0. The number of amides is 1. The van der Waals surface area contributed by atoms with Gasteiger partial charge in [-0.05, 0) is 31.0 Å². The standard InChI is InChI=1S/C17H16N4O/c1-11-4-5-13-12(3-2-7-18-13)15(11)16-19-9-10-21(16)14-6-8-20-17(14)22/h2-5,7,9-10,14H,6,8H2,1H3,(H,20,22). The fraction of sp³-hybridized carbons (Fsp3) is 0.235. The van der Waals surface area contributed by atoms with Gasteiger partial charge in [-0.2, -0.15) is 0 Å². The summed E-state index contributed by atoms with van der Waals surface area (Å²) in [5.41, 5.74) is 3.12. The number of carbonyl (C=O) groups is 1. The zero-order valence-electron chi connectivity index (χ0n) is 12.3. The molecule has 5 nitrogen and oxygen atoms in total. The Bertz CT molecular complexity index is 868. The second-order valence-corrected chi connectivity index (χ2v) is 5.58. The highest BCUT2D eigenvalue weighted by atomic mass is 16.2. The first-order valence-corrected chi connectivity index (χ1v) is 7.41. The number of aryl methyl sites for hydroxylation is 1. The number of carbonyl (C=O) groups excluding carboxylic acids is 1. The van der Waals surface area contributed by atoms with Crippen molar-refractivity contribution in [3.05, 3.63) is 48.4 Å². The molecule has 4 rings (SSSR count). The topological polar surface area (TPSA) is 59.8 Å². The third kappa shape index (κ3) is 1.89. The van der Waals surface area contributed by atoms with E-state index in [0.29, 0.717) is 0 Å². The molecule has 3 aromatic rings. The Balaban J connectivity index is 1.95. The Hall–Kier alpha value is -2.69. The highest BCUT2D eigenvalue weighted by molar-refractivity contribution is 5.95. The molecule has 1 aliphatic heterocycles. The van der Waals surface area contributed by atoms with E-state index in [2.05, 4.69) is 34.3 Å². The second-order valence-electron chi connectivity index (χ2n) is 5.58. The molecule has 1 fully saturated rings. The number of benzene rings is 1. The summed E-state index contributed by atoms with van der Waals surface area (Å²) in [6.07, 6.45) is 6.23. The lowest BCUT2D eigenvalue weighted by Gasteiger charge is -2.15. The van der Waals surface area contributed by atoms with Gasteiger partial charge in [-0.25, -0.2) is 4.98 Å². The van der Waals surface area contributed by atoms with Crippen LogP contribution >= 0.6 is 0 Å². The smallest absolute Gasteiger partial charge is 0.243 e. The normalized spacial score (nSPS) is 17.9. The highest BCUT2D eigenvalue weighted by Crippen LogP contribution is 2.32. The summed E-state index contributed by atoms with van der Waals surface area (Å²) >= 11 is 0. The average molecular weight is 292 g/mol. The number of hydrogen-bond acceptors (Lipinski definition) is 3. The molecule has 1 unspecified atom stereocenters. The van der Waals surface area contributed by atoms with Crippen molar-refractivity contribution in [3.63, 3.8) is 0 Å². The minimum atomic E-state index is -0.177. The number of nitrogens with one attached hydrogen (secondary N) is 1. The van der Waals surface area contributed by atoms with Gasteiger partial charge in [0.15, 0.2) is 0 Å². The zero-order valence-corrected chi connectivity index (χ0v) is 12.3. The Morgan fingerprint density at radius 2 is 2.14 bits per heavy atom. The lowest BCUT2D eigenvalue weighted by atomic mass is 10.0. The van der Waals surface area contributed by atoms with E-state index >= 15 is 0 Å². The van der Waals surface area contributed by atoms with E-state index in [1.807, 2.05) is 22.9 Å². The minimum absolute atomic E-state index is 0.0651. The van der Waals surface area contributed by atoms with Gasteiger partial charge in [-0.3, -0.25) is 9.78 Å². The van der Waals surface area contributed by atoms with E-state index in [1.165, 1.54) is 0 Å². The molecule has 1 aromatic carbocycles. The Labute approximate surface area is 128 Å². The van der Waals surface area contributed by atoms with Crippen LogP contribution in [0.5, 0.6) is 0 Å². The van der Waals surface area contributed by atoms with E-state index in [1.54, 1.807) is 12.4 Å². The zero-order chi connectivity index (χ0) is 15.1. The molecule has 3 heterocycles. The first-order chi connectivity index (χ1) is 10.8. The van der Waals surface area contributed by atoms with Gasteiger partial charge in [-0.15, -0.1) is 0 Å². The Kier molecular flexibility index (Phi) is 2.92. The molecule has 0 bridgehead atoms. The van der Waals surface area contributed by atoms with Gasteiger partial charge in [-0.1, -0.05) is 12.1 Å². The van der Waals surface area contributed by atoms with Crippen LogP contribution in [0.1, 0.15) is 18.0 Å². The quantitative estimate of drug-likeness (QED) is 0.789. The molecule has 0 radical (unpaired) electrons. The van der Waals surface area contributed by atoms with Gasteiger partial charge in [0.1, 0.15) is 11.9 Å². The first kappa shape index (κ1) is 13.0. The monoisotopic (exact) mass is 292 g/mol. The number of hydrogen-bond donors (Lipinski definition) is 1. The van der Waals surface area contributed by atoms with Gasteiger partial charge in [0.25, 0.3) is 0 Å². The van der Waals surface area contributed by atoms with Gasteiger partial charge in [0.2, 0.25) is 5.91 Å². The van der Waals surface area contributed by atoms with Crippen molar-refractivity contribution < 1.29 is 4.79 Å². The summed E-state index contributed by atoms with van der Waals surface area (Å²) in [5, 5.41) is 3.95. The highest BCUT2D eigenvalue weighted by Gasteiger charge is 2.28. The largest absolute Gasteiger partial charge is 0.354 e. The molecule has 1 N–H and O–H groups in total. The minimum Gasteiger partial charge on any atom is -0.354 e. The molecule has 2 aromatic heterocycles. The Morgan fingerprint density at radius 3 is 2.95 bits per heavy atom. The fourth-order valence-electron chi connectivity index (χ4n) is 3.16. The van der Waals surface area contributed by atoms with Crippen LogP contribution in [0, 0.1) is 6.92 Å². The van der Waals surface area contributed by atoms with Crippen LogP contribution in [0.2, 0.25) is 0 Å². The predicted molar refractivity (Wildman–Crippen MR) is 84.4 cm³/mol. The molecular weight excluding hydrogens is 276 g/mol. The molecule has 0 aliphatic carbocycles. The van der Waals surface area contributed by atoms with E-state index < -0.39 is 0 Å². The van der Waals surface area contributed by atoms with Crippen LogP contribution in [0.3, 0.4) is 0 Å². The van der Waals surface area contributed by atoms with Gasteiger partial charge >= 0.3 is 0 Å². The summed E-state index contributed by atoms with van der Waals surface area (Å²) in [6.45, 7) is 2.78. The van der Waals surface area contributed by atoms with Crippen LogP contribution in [0.15, 0.2) is 42.9 Å². The van der Waals surface area contributed by atoms with Crippen molar-refractivity contribution in [1.82, 2.24) is 19.9 Å². The van der Waals surface area contributed by atoms with Crippen molar-refractivity contribution in [1.29, 1.82) is 0 Å². The van der Waals surface area contributed by atoms with E-state index in [4.69, 9.17) is 0 Å². The first-order valence-electron chi connectivity index (χ1n) is 7.41. The lowest BCUT2D eigenvalue weighted by molar-refractivity contribution is -0.121. The molecule has 1 amide bonds. The maximum absolute atomic E-state index is 12.0. The van der Waals surface area contributed by atoms with Crippen LogP contribution in [-0.4, -0.2) is 27.0 Å². The summed E-state index contributed by atoms with van der Waals surface area (Å²) in [4.78, 5) is 21.0. The summed E-state index contributed by atoms with van der Waals surface area (Å²) in [6, 6.07) is 7.88. The summed E-state index contributed by atoms with van der Waals surface area (Å²) in [5.74, 6) is 0.897. The van der Waals surface area contributed by atoms with Crippen LogP contribution in [-0.2, 0) is 4.79 Å². The average Bonchev–Trinajstić information content (AvgIpc) is 3.15. The number of fused-ring (bicyclic) bond motifs is 1. The molecule has 110 valence electrons. The second kappa shape index (κ2) is 4.94. The maximum atomic E-state index is 12.0. The summed E-state index contributed by atoms with van der Waals surface area (Å²) < 4.78 is 1.98. The van der Waals surface area contributed by atoms with Crippen LogP contribution in [0.25, 0.3) is 22.3 Å². The van der Waals surface area contributed by atoms with Crippen molar-refractivity contribution in [2.75, 3.05) is 6.54 Å². The van der Waals surface area contributed by atoms with Crippen LogP contribution < -0.4 is 5.32 Å². The number of aromatic nitrogens is 3. The molecule has 1 atom stereocenters. The number of nitrogens with zero attached hydrogens (tertiary/aromatic N) is 3. The van der Waals surface area contributed by atoms with Crippen molar-refractivity contribution >= 4 is 16.8 Å². The van der Waals surface area contributed by atoms with Gasteiger partial charge in [0, 0.05) is 36.1 Å². The van der Waals surface area contributed by atoms with Crippen LogP contribution in [0.4, 0.5) is 0 Å². The number of pyridine rings is 1. The maximum Gasteiger partial charge on any atom is 0.243 e. The predicted octanol–water partition coefficient (Wildman–Crippen LogP) is 2.47. The fourth-order valence-corrected chi connectivity index (χ4v) is 3.16. The van der Waals surface area contributed by atoms with Crippen molar-refractivity contribution in [2.45, 2.75) is 19.4 Å². The van der Waals surface area contributed by atoms with Gasteiger partial charge < -0.3 is 9.88 Å². The molecule has 1 saturated heterocycles. The van der Waals surface area contributed by atoms with Crippen molar-refractivity contribution in [2.24, 2.45) is 0 Å². The third-order valence-electron chi connectivity index (χ3n) is 4.24. The molecule has 1 aliphatic rings. The molecule has 0 spiro atoms. The Morgan fingerprint density at radius 1 is 1.23 bits per heavy atom. The lowest BCUT2D eigenvalue weighted by Crippen LogP contribution is -2.22. The third-order valence-corrected chi connectivity index (χ3v) is 4.24. The van der Waals surface area contributed by atoms with E-state index in [9.17, 15) is 4.79 Å². The molecular formula is C17H16N4O. The molecule has 0 saturated carbocycles.